The molecule has 1 aliphatic heterocycles. The summed E-state index contributed by atoms with van der Waals surface area (Å²) < 4.78 is 29.2. The second-order valence-electron chi connectivity index (χ2n) is 5.98. The van der Waals surface area contributed by atoms with Gasteiger partial charge < -0.3 is 19.1 Å². The van der Waals surface area contributed by atoms with E-state index in [0.29, 0.717) is 35.2 Å². The van der Waals surface area contributed by atoms with E-state index in [1.165, 1.54) is 26.4 Å². The van der Waals surface area contributed by atoms with E-state index in [0.717, 1.165) is 5.56 Å². The largest absolute Gasteiger partial charge is 0.497 e. The fourth-order valence-electron chi connectivity index (χ4n) is 2.67. The highest BCUT2D eigenvalue weighted by Crippen LogP contribution is 2.26. The number of likely N-dealkylation sites (tertiary alicyclic amines) is 1. The molecule has 0 spiro atoms. The Hall–Kier alpha value is -2.31. The van der Waals surface area contributed by atoms with Crippen LogP contribution in [0.15, 0.2) is 36.4 Å². The zero-order valence-electron chi connectivity index (χ0n) is 14.5. The molecule has 0 bridgehead atoms. The van der Waals surface area contributed by atoms with Crippen molar-refractivity contribution in [3.8, 4) is 11.5 Å². The number of carbonyl (C=O) groups is 1. The molecule has 1 fully saturated rings. The van der Waals surface area contributed by atoms with E-state index in [2.05, 4.69) is 0 Å². The SMILES string of the molecule is COc1cc(OC)cc(C(=O)N2CC(OCc3ccc(F)cc3Cl)C2)c1. The van der Waals surface area contributed by atoms with E-state index >= 15 is 0 Å². The molecule has 0 aromatic heterocycles. The standard InChI is InChI=1S/C19H19ClFNO4/c1-24-15-5-13(6-16(8-15)25-2)19(23)22-9-17(10-22)26-11-12-3-4-14(21)7-18(12)20/h3-8,17H,9-11H2,1-2H3. The van der Waals surface area contributed by atoms with Gasteiger partial charge in [0.1, 0.15) is 17.3 Å². The molecule has 5 nitrogen and oxygen atoms in total. The second kappa shape index (κ2) is 7.93. The maximum Gasteiger partial charge on any atom is 0.254 e. The average molecular weight is 380 g/mol. The predicted molar refractivity (Wildman–Crippen MR) is 95.4 cm³/mol. The first-order valence-electron chi connectivity index (χ1n) is 8.08. The minimum Gasteiger partial charge on any atom is -0.497 e. The first kappa shape index (κ1) is 18.5. The van der Waals surface area contributed by atoms with Gasteiger partial charge in [-0.15, -0.1) is 0 Å². The molecule has 0 aliphatic carbocycles. The van der Waals surface area contributed by atoms with Gasteiger partial charge in [-0.25, -0.2) is 4.39 Å². The van der Waals surface area contributed by atoms with Gasteiger partial charge in [0.05, 0.1) is 26.9 Å². The third-order valence-corrected chi connectivity index (χ3v) is 4.58. The fraction of sp³-hybridized carbons (Fsp3) is 0.316. The van der Waals surface area contributed by atoms with Gasteiger partial charge in [-0.1, -0.05) is 17.7 Å². The molecule has 1 aliphatic rings. The molecule has 1 heterocycles. The number of benzene rings is 2. The van der Waals surface area contributed by atoms with Crippen LogP contribution in [0.25, 0.3) is 0 Å². The van der Waals surface area contributed by atoms with Crippen molar-refractivity contribution in [2.75, 3.05) is 27.3 Å². The van der Waals surface area contributed by atoms with Crippen molar-refractivity contribution in [3.05, 3.63) is 58.4 Å². The van der Waals surface area contributed by atoms with Gasteiger partial charge in [0, 0.05) is 29.7 Å². The lowest BCUT2D eigenvalue weighted by Crippen LogP contribution is -2.54. The van der Waals surface area contributed by atoms with E-state index in [-0.39, 0.29) is 24.4 Å². The van der Waals surface area contributed by atoms with Crippen LogP contribution in [0.4, 0.5) is 4.39 Å². The topological polar surface area (TPSA) is 48.0 Å². The Morgan fingerprint density at radius 1 is 1.15 bits per heavy atom. The van der Waals surface area contributed by atoms with Crippen molar-refractivity contribution < 1.29 is 23.4 Å². The Morgan fingerprint density at radius 2 is 1.81 bits per heavy atom. The van der Waals surface area contributed by atoms with Crippen LogP contribution in [0.2, 0.25) is 5.02 Å². The van der Waals surface area contributed by atoms with Crippen LogP contribution in [0.1, 0.15) is 15.9 Å². The van der Waals surface area contributed by atoms with Gasteiger partial charge in [-0.3, -0.25) is 4.79 Å². The van der Waals surface area contributed by atoms with Crippen LogP contribution in [-0.4, -0.2) is 44.2 Å². The fourth-order valence-corrected chi connectivity index (χ4v) is 2.89. The number of hydrogen-bond donors (Lipinski definition) is 0. The summed E-state index contributed by atoms with van der Waals surface area (Å²) in [5.41, 5.74) is 1.22. The van der Waals surface area contributed by atoms with E-state index in [4.69, 9.17) is 25.8 Å². The molecule has 2 aromatic rings. The molecule has 2 aromatic carbocycles. The Balaban J connectivity index is 1.55. The summed E-state index contributed by atoms with van der Waals surface area (Å²) in [6.07, 6.45) is -0.0763. The Bertz CT molecular complexity index is 786. The zero-order valence-corrected chi connectivity index (χ0v) is 15.3. The third-order valence-electron chi connectivity index (χ3n) is 4.22. The Kier molecular flexibility index (Phi) is 5.64. The monoisotopic (exact) mass is 379 g/mol. The maximum absolute atomic E-state index is 13.0. The molecule has 0 N–H and O–H groups in total. The molecular weight excluding hydrogens is 361 g/mol. The van der Waals surface area contributed by atoms with Gasteiger partial charge >= 0.3 is 0 Å². The van der Waals surface area contributed by atoms with Gasteiger partial charge in [-0.05, 0) is 29.8 Å². The number of methoxy groups -OCH3 is 2. The summed E-state index contributed by atoms with van der Waals surface area (Å²) in [7, 11) is 3.08. The number of nitrogens with zero attached hydrogens (tertiary/aromatic N) is 1. The van der Waals surface area contributed by atoms with Gasteiger partial charge in [0.25, 0.3) is 5.91 Å². The summed E-state index contributed by atoms with van der Waals surface area (Å²) >= 11 is 5.98. The lowest BCUT2D eigenvalue weighted by Gasteiger charge is -2.39. The van der Waals surface area contributed by atoms with Gasteiger partial charge in [-0.2, -0.15) is 0 Å². The highest BCUT2D eigenvalue weighted by Gasteiger charge is 2.32. The number of hydrogen-bond acceptors (Lipinski definition) is 4. The summed E-state index contributed by atoms with van der Waals surface area (Å²) in [4.78, 5) is 14.3. The van der Waals surface area contributed by atoms with Crippen molar-refractivity contribution in [1.29, 1.82) is 0 Å². The van der Waals surface area contributed by atoms with Gasteiger partial charge in [0.2, 0.25) is 0 Å². The van der Waals surface area contributed by atoms with Crippen LogP contribution < -0.4 is 9.47 Å². The third kappa shape index (κ3) is 4.08. The molecule has 0 radical (unpaired) electrons. The molecule has 1 amide bonds. The lowest BCUT2D eigenvalue weighted by molar-refractivity contribution is -0.0503. The summed E-state index contributed by atoms with van der Waals surface area (Å²) in [5.74, 6) is 0.633. The van der Waals surface area contributed by atoms with Crippen molar-refractivity contribution in [2.24, 2.45) is 0 Å². The Labute approximate surface area is 156 Å². The molecule has 0 saturated carbocycles. The van der Waals surface area contributed by atoms with Crippen LogP contribution in [-0.2, 0) is 11.3 Å². The number of rotatable bonds is 6. The number of carbonyl (C=O) groups excluding carboxylic acids is 1. The van der Waals surface area contributed by atoms with Crippen LogP contribution in [0, 0.1) is 5.82 Å². The first-order valence-corrected chi connectivity index (χ1v) is 8.46. The molecule has 3 rings (SSSR count). The molecule has 7 heteroatoms. The van der Waals surface area contributed by atoms with Crippen LogP contribution in [0.3, 0.4) is 0 Å². The second-order valence-corrected chi connectivity index (χ2v) is 6.39. The van der Waals surface area contributed by atoms with E-state index in [9.17, 15) is 9.18 Å². The lowest BCUT2D eigenvalue weighted by atomic mass is 10.1. The minimum atomic E-state index is -0.382. The van der Waals surface area contributed by atoms with Crippen molar-refractivity contribution in [3.63, 3.8) is 0 Å². The van der Waals surface area contributed by atoms with Crippen molar-refractivity contribution in [1.82, 2.24) is 4.90 Å². The number of halogens is 2. The predicted octanol–water partition coefficient (Wildman–Crippen LogP) is 3.54. The molecule has 1 saturated heterocycles. The smallest absolute Gasteiger partial charge is 0.254 e. The van der Waals surface area contributed by atoms with Crippen molar-refractivity contribution in [2.45, 2.75) is 12.7 Å². The highest BCUT2D eigenvalue weighted by molar-refractivity contribution is 6.31. The zero-order chi connectivity index (χ0) is 18.7. The summed E-state index contributed by atoms with van der Waals surface area (Å²) in [6, 6.07) is 9.27. The minimum absolute atomic E-state index is 0.0763. The number of amides is 1. The average Bonchev–Trinajstić information content (AvgIpc) is 2.61. The van der Waals surface area contributed by atoms with Crippen molar-refractivity contribution >= 4 is 17.5 Å². The summed E-state index contributed by atoms with van der Waals surface area (Å²) in [5, 5.41) is 0.334. The molecule has 0 atom stereocenters. The van der Waals surface area contributed by atoms with E-state index in [1.54, 1.807) is 29.2 Å². The number of ether oxygens (including phenoxy) is 3. The maximum atomic E-state index is 13.0. The first-order chi connectivity index (χ1) is 12.5. The highest BCUT2D eigenvalue weighted by atomic mass is 35.5. The Morgan fingerprint density at radius 3 is 2.38 bits per heavy atom. The quantitative estimate of drug-likeness (QED) is 0.770. The van der Waals surface area contributed by atoms with E-state index in [1.807, 2.05) is 0 Å². The van der Waals surface area contributed by atoms with Gasteiger partial charge in [0.15, 0.2) is 0 Å². The summed E-state index contributed by atoms with van der Waals surface area (Å²) in [6.45, 7) is 1.24. The van der Waals surface area contributed by atoms with Crippen LogP contribution >= 0.6 is 11.6 Å². The normalized spacial score (nSPS) is 14.1. The van der Waals surface area contributed by atoms with E-state index < -0.39 is 0 Å². The van der Waals surface area contributed by atoms with Crippen LogP contribution in [0.5, 0.6) is 11.5 Å². The molecular formula is C19H19ClFNO4. The molecule has 0 unspecified atom stereocenters. The molecule has 138 valence electrons. The molecule has 26 heavy (non-hydrogen) atoms.